The molecule has 3 heterocycles. The first-order valence-corrected chi connectivity index (χ1v) is 17.9. The van der Waals surface area contributed by atoms with Crippen LogP contribution in [0.3, 0.4) is 0 Å². The van der Waals surface area contributed by atoms with Crippen LogP contribution in [0.4, 0.5) is 21.2 Å². The molecule has 0 radical (unpaired) electrons. The minimum Gasteiger partial charge on any atom is -0.469 e. The lowest BCUT2D eigenvalue weighted by Gasteiger charge is -2.31. The van der Waals surface area contributed by atoms with E-state index in [4.69, 9.17) is 9.47 Å². The number of ether oxygens (including phenoxy) is 2. The molecule has 0 bridgehead atoms. The number of aliphatic hydroxyl groups excluding tert-OH is 1. The first-order chi connectivity index (χ1) is 20.5. The van der Waals surface area contributed by atoms with E-state index in [2.05, 4.69) is 0 Å². The van der Waals surface area contributed by atoms with E-state index in [0.29, 0.717) is 41.9 Å². The Morgan fingerprint density at radius 2 is 1.84 bits per heavy atom. The van der Waals surface area contributed by atoms with Gasteiger partial charge >= 0.3 is 5.97 Å². The van der Waals surface area contributed by atoms with Gasteiger partial charge in [0.15, 0.2) is 5.60 Å². The van der Waals surface area contributed by atoms with Crippen molar-refractivity contribution in [2.45, 2.75) is 62.9 Å². The molecule has 0 saturated carbocycles. The monoisotopic (exact) mass is 604 g/mol. The van der Waals surface area contributed by atoms with Gasteiger partial charge in [-0.05, 0) is 68.1 Å². The van der Waals surface area contributed by atoms with Crippen LogP contribution in [-0.4, -0.2) is 57.7 Å². The van der Waals surface area contributed by atoms with Gasteiger partial charge in [-0.1, -0.05) is 31.2 Å². The minimum atomic E-state index is -3.35. The molecule has 43 heavy (non-hydrogen) atoms. The average Bonchev–Trinajstić information content (AvgIpc) is 3.53. The van der Waals surface area contributed by atoms with E-state index in [0.717, 1.165) is 16.5 Å². The van der Waals surface area contributed by atoms with E-state index in [1.807, 2.05) is 61.5 Å². The smallest absolute Gasteiger partial charge is 0.305 e. The van der Waals surface area contributed by atoms with Crippen molar-refractivity contribution in [1.29, 1.82) is 0 Å². The Labute approximate surface area is 251 Å². The number of aliphatic hydroxyl groups is 1. The molecule has 6 rings (SSSR count). The Morgan fingerprint density at radius 1 is 1.09 bits per heavy atom. The summed E-state index contributed by atoms with van der Waals surface area (Å²) in [6.07, 6.45) is 0.936. The van der Waals surface area contributed by atoms with Gasteiger partial charge in [0.2, 0.25) is 8.41 Å². The Balaban J connectivity index is 1.45. The molecule has 3 aliphatic rings. The summed E-state index contributed by atoms with van der Waals surface area (Å²) in [6, 6.07) is 17.0. The van der Waals surface area contributed by atoms with Crippen LogP contribution in [0.5, 0.6) is 0 Å². The van der Waals surface area contributed by atoms with Gasteiger partial charge in [0.1, 0.15) is 0 Å². The summed E-state index contributed by atoms with van der Waals surface area (Å²) >= 11 is 0. The van der Waals surface area contributed by atoms with E-state index in [-0.39, 0.29) is 37.2 Å². The van der Waals surface area contributed by atoms with Crippen molar-refractivity contribution in [3.05, 3.63) is 65.7 Å². The predicted octanol–water partition coefficient (Wildman–Crippen LogP) is 5.98. The molecule has 1 spiro atoms. The molecule has 1 saturated heterocycles. The molecule has 2 amide bonds. The average molecular weight is 605 g/mol. The number of unbranched alkanes of at least 4 members (excludes halogenated alkanes) is 1. The van der Waals surface area contributed by atoms with Crippen molar-refractivity contribution in [3.8, 4) is 0 Å². The molecular formula is C33H37FN2O6Si. The number of carbonyl (C=O) groups excluding carboxylic acids is 3. The summed E-state index contributed by atoms with van der Waals surface area (Å²) in [4.78, 5) is 43.3. The van der Waals surface area contributed by atoms with Gasteiger partial charge < -0.3 is 23.6 Å². The molecule has 0 aromatic heterocycles. The van der Waals surface area contributed by atoms with Crippen LogP contribution in [0, 0.1) is 5.92 Å². The second-order valence-corrected chi connectivity index (χ2v) is 16.1. The maximum atomic E-state index is 15.9. The van der Waals surface area contributed by atoms with Crippen molar-refractivity contribution in [3.63, 3.8) is 0 Å². The zero-order valence-electron chi connectivity index (χ0n) is 24.9. The van der Waals surface area contributed by atoms with E-state index in [1.165, 1.54) is 7.11 Å². The lowest BCUT2D eigenvalue weighted by atomic mass is 9.82. The maximum absolute atomic E-state index is 15.9. The summed E-state index contributed by atoms with van der Waals surface area (Å²) in [5.74, 6) is -1.24. The minimum absolute atomic E-state index is 0.154. The molecule has 8 nitrogen and oxygen atoms in total. The largest absolute Gasteiger partial charge is 0.469 e. The summed E-state index contributed by atoms with van der Waals surface area (Å²) < 4.78 is 27.3. The number of halogens is 1. The fourth-order valence-electron chi connectivity index (χ4n) is 7.61. The number of carbonyl (C=O) groups is 3. The molecular weight excluding hydrogens is 567 g/mol. The van der Waals surface area contributed by atoms with Crippen molar-refractivity contribution in [2.75, 3.05) is 30.1 Å². The number of fused-ring (bicyclic) bond motifs is 2. The lowest BCUT2D eigenvalue weighted by molar-refractivity contribution is -0.146. The number of methoxy groups -OCH3 is 1. The summed E-state index contributed by atoms with van der Waals surface area (Å²) in [7, 11) is -2.00. The van der Waals surface area contributed by atoms with Gasteiger partial charge in [-0.3, -0.25) is 19.3 Å². The molecule has 10 heteroatoms. The standard InChI is InChI=1S/C33H37FN2O6Si/c1-20-30(43(3,4)34)27(16-18-37)42-33(20)24-19-22(14-15-25(24)35(32(33)40)17-6-5-13-28(38)41-2)36-26-12-8-10-21-9-7-11-23(29(21)26)31(36)39/h7-12,14-15,19-20,27,30,37H,5-6,13,16-18H2,1-4H3/t20-,27+,30-,33+/m0/s1. The summed E-state index contributed by atoms with van der Waals surface area (Å²) in [5, 5.41) is 11.7. The van der Waals surface area contributed by atoms with Gasteiger partial charge in [0.05, 0.1) is 30.2 Å². The predicted molar refractivity (Wildman–Crippen MR) is 165 cm³/mol. The number of anilines is 3. The number of hydrogen-bond donors (Lipinski definition) is 1. The zero-order valence-corrected chi connectivity index (χ0v) is 25.9. The van der Waals surface area contributed by atoms with Gasteiger partial charge in [-0.25, -0.2) is 0 Å². The fourth-order valence-corrected chi connectivity index (χ4v) is 10.1. The van der Waals surface area contributed by atoms with Crippen molar-refractivity contribution >= 4 is 54.0 Å². The lowest BCUT2D eigenvalue weighted by Crippen LogP contribution is -2.45. The Hall–Kier alpha value is -3.60. The van der Waals surface area contributed by atoms with E-state index < -0.39 is 31.6 Å². The molecule has 226 valence electrons. The number of benzene rings is 3. The Kier molecular flexibility index (Phi) is 7.43. The van der Waals surface area contributed by atoms with Crippen LogP contribution < -0.4 is 9.80 Å². The number of amides is 2. The third kappa shape index (κ3) is 4.49. The third-order valence-corrected chi connectivity index (χ3v) is 11.9. The Bertz CT molecular complexity index is 1620. The van der Waals surface area contributed by atoms with Crippen LogP contribution in [0.15, 0.2) is 54.6 Å². The molecule has 1 N–H and O–H groups in total. The highest BCUT2D eigenvalue weighted by Gasteiger charge is 2.66. The number of nitrogens with zero attached hydrogens (tertiary/aromatic N) is 2. The summed E-state index contributed by atoms with van der Waals surface area (Å²) in [5.41, 5.74) is 1.26. The van der Waals surface area contributed by atoms with Crippen LogP contribution >= 0.6 is 0 Å². The van der Waals surface area contributed by atoms with E-state index >= 15 is 4.11 Å². The third-order valence-electron chi connectivity index (χ3n) is 9.41. The SMILES string of the molecule is COC(=O)CCCCN1C(=O)[C@]2(O[C@H](CCO)[C@@H]([Si](C)(C)F)[C@@H]2C)c2cc(N3C(=O)c4cccc5cccc3c45)ccc21. The van der Waals surface area contributed by atoms with Crippen molar-refractivity contribution in [1.82, 2.24) is 0 Å². The van der Waals surface area contributed by atoms with Crippen LogP contribution in [0.1, 0.15) is 48.5 Å². The van der Waals surface area contributed by atoms with Crippen LogP contribution in [0.25, 0.3) is 10.8 Å². The van der Waals surface area contributed by atoms with Gasteiger partial charge in [0.25, 0.3) is 11.8 Å². The molecule has 3 aliphatic heterocycles. The molecule has 3 aromatic rings. The fraction of sp³-hybridized carbons (Fsp3) is 0.424. The van der Waals surface area contributed by atoms with Crippen LogP contribution in [0.2, 0.25) is 18.6 Å². The summed E-state index contributed by atoms with van der Waals surface area (Å²) in [6.45, 7) is 5.30. The van der Waals surface area contributed by atoms with Crippen molar-refractivity contribution in [2.24, 2.45) is 5.92 Å². The second-order valence-electron chi connectivity index (χ2n) is 12.3. The number of esters is 1. The highest BCUT2D eigenvalue weighted by Crippen LogP contribution is 2.61. The molecule has 3 aromatic carbocycles. The zero-order chi connectivity index (χ0) is 30.7. The number of rotatable bonds is 9. The van der Waals surface area contributed by atoms with Crippen molar-refractivity contribution < 1.29 is 33.1 Å². The molecule has 0 aliphatic carbocycles. The van der Waals surface area contributed by atoms with E-state index in [9.17, 15) is 19.5 Å². The first kappa shape index (κ1) is 29.5. The Morgan fingerprint density at radius 3 is 2.53 bits per heavy atom. The second kappa shape index (κ2) is 10.8. The van der Waals surface area contributed by atoms with Gasteiger partial charge in [-0.2, -0.15) is 0 Å². The normalized spacial score (nSPS) is 24.5. The van der Waals surface area contributed by atoms with E-state index in [1.54, 1.807) is 22.9 Å². The maximum Gasteiger partial charge on any atom is 0.305 e. The number of hydrogen-bond acceptors (Lipinski definition) is 6. The quantitative estimate of drug-likeness (QED) is 0.140. The first-order valence-electron chi connectivity index (χ1n) is 14.9. The van der Waals surface area contributed by atoms with Crippen LogP contribution in [-0.2, 0) is 24.7 Å². The highest BCUT2D eigenvalue weighted by atomic mass is 28.4. The highest BCUT2D eigenvalue weighted by molar-refractivity contribution is 6.72. The van der Waals surface area contributed by atoms with Gasteiger partial charge in [0, 0.05) is 47.7 Å². The topological polar surface area (TPSA) is 96.4 Å². The molecule has 4 atom stereocenters. The molecule has 1 fully saturated rings. The molecule has 0 unspecified atom stereocenters. The van der Waals surface area contributed by atoms with Gasteiger partial charge in [-0.15, -0.1) is 0 Å².